The van der Waals surface area contributed by atoms with Crippen molar-refractivity contribution in [3.63, 3.8) is 0 Å². The summed E-state index contributed by atoms with van der Waals surface area (Å²) < 4.78 is 5.18. The topological polar surface area (TPSA) is 55.4 Å². The van der Waals surface area contributed by atoms with Crippen LogP contribution in [0.5, 0.6) is 0 Å². The van der Waals surface area contributed by atoms with Gasteiger partial charge >= 0.3 is 5.97 Å². The van der Waals surface area contributed by atoms with Crippen molar-refractivity contribution in [1.29, 1.82) is 0 Å². The van der Waals surface area contributed by atoms with Crippen molar-refractivity contribution in [2.45, 2.75) is 32.8 Å². The molecule has 4 nitrogen and oxygen atoms in total. The zero-order chi connectivity index (χ0) is 17.4. The molecule has 4 heteroatoms. The van der Waals surface area contributed by atoms with Crippen LogP contribution in [0.3, 0.4) is 0 Å². The van der Waals surface area contributed by atoms with Crippen molar-refractivity contribution in [2.75, 3.05) is 6.54 Å². The lowest BCUT2D eigenvalue weighted by atomic mass is 10.0. The lowest BCUT2D eigenvalue weighted by Crippen LogP contribution is -2.36. The van der Waals surface area contributed by atoms with Gasteiger partial charge in [-0.1, -0.05) is 61.5 Å². The van der Waals surface area contributed by atoms with E-state index in [1.807, 2.05) is 61.5 Å². The number of hydrogen-bond acceptors (Lipinski definition) is 3. The molecule has 0 heterocycles. The first-order chi connectivity index (χ1) is 11.6. The quantitative estimate of drug-likeness (QED) is 0.794. The molecule has 2 rings (SSSR count). The second kappa shape index (κ2) is 8.87. The summed E-state index contributed by atoms with van der Waals surface area (Å²) in [5, 5.41) is 2.71. The number of amides is 1. The van der Waals surface area contributed by atoms with Gasteiger partial charge in [-0.3, -0.25) is 9.59 Å². The second-order valence-electron chi connectivity index (χ2n) is 5.66. The Hall–Kier alpha value is -2.62. The number of nitrogens with one attached hydrogen (secondary N) is 1. The molecule has 0 aliphatic heterocycles. The molecule has 0 fully saturated rings. The summed E-state index contributed by atoms with van der Waals surface area (Å²) >= 11 is 0. The summed E-state index contributed by atoms with van der Waals surface area (Å²) in [6, 6.07) is 17.8. The second-order valence-corrected chi connectivity index (χ2v) is 5.66. The monoisotopic (exact) mass is 325 g/mol. The molecule has 2 aromatic rings. The zero-order valence-corrected chi connectivity index (χ0v) is 14.1. The van der Waals surface area contributed by atoms with Gasteiger partial charge in [-0.2, -0.15) is 0 Å². The van der Waals surface area contributed by atoms with E-state index >= 15 is 0 Å². The summed E-state index contributed by atoms with van der Waals surface area (Å²) in [5.74, 6) is -0.661. The van der Waals surface area contributed by atoms with Gasteiger partial charge in [0.25, 0.3) is 5.91 Å². The first-order valence-electron chi connectivity index (χ1n) is 8.21. The Bertz CT molecular complexity index is 665. The Morgan fingerprint density at radius 3 is 2.25 bits per heavy atom. The van der Waals surface area contributed by atoms with Crippen molar-refractivity contribution in [3.8, 4) is 11.1 Å². The van der Waals surface area contributed by atoms with E-state index < -0.39 is 12.1 Å². The Morgan fingerprint density at radius 1 is 1.00 bits per heavy atom. The van der Waals surface area contributed by atoms with Crippen molar-refractivity contribution in [3.05, 3.63) is 60.2 Å². The van der Waals surface area contributed by atoms with Crippen LogP contribution in [-0.2, 0) is 20.7 Å². The highest BCUT2D eigenvalue weighted by Gasteiger charge is 2.17. The lowest BCUT2D eigenvalue weighted by molar-refractivity contribution is -0.154. The third kappa shape index (κ3) is 5.23. The average molecular weight is 325 g/mol. The molecule has 1 atom stereocenters. The van der Waals surface area contributed by atoms with Crippen LogP contribution in [0.15, 0.2) is 54.6 Å². The molecule has 0 saturated heterocycles. The van der Waals surface area contributed by atoms with Gasteiger partial charge in [0.1, 0.15) is 0 Å². The van der Waals surface area contributed by atoms with Crippen molar-refractivity contribution in [2.24, 2.45) is 0 Å². The van der Waals surface area contributed by atoms with Crippen LogP contribution in [0.1, 0.15) is 25.8 Å². The fourth-order valence-corrected chi connectivity index (χ4v) is 2.30. The summed E-state index contributed by atoms with van der Waals surface area (Å²) in [4.78, 5) is 23.7. The van der Waals surface area contributed by atoms with Gasteiger partial charge < -0.3 is 10.1 Å². The number of benzene rings is 2. The Balaban J connectivity index is 1.89. The largest absolute Gasteiger partial charge is 0.452 e. The molecular formula is C20H23NO3. The van der Waals surface area contributed by atoms with Gasteiger partial charge in [-0.15, -0.1) is 0 Å². The molecule has 0 aliphatic carbocycles. The molecule has 1 N–H and O–H groups in total. The number of carbonyl (C=O) groups is 2. The number of rotatable bonds is 7. The molecule has 0 spiro atoms. The van der Waals surface area contributed by atoms with Crippen LogP contribution in [-0.4, -0.2) is 24.5 Å². The number of carbonyl (C=O) groups excluding carboxylic acids is 2. The highest BCUT2D eigenvalue weighted by molar-refractivity contribution is 5.83. The van der Waals surface area contributed by atoms with Crippen LogP contribution in [0.2, 0.25) is 0 Å². The summed E-state index contributed by atoms with van der Waals surface area (Å²) in [7, 11) is 0. The van der Waals surface area contributed by atoms with Crippen molar-refractivity contribution < 1.29 is 14.3 Å². The van der Waals surface area contributed by atoms with Crippen LogP contribution < -0.4 is 5.32 Å². The van der Waals surface area contributed by atoms with Crippen molar-refractivity contribution >= 4 is 11.9 Å². The number of esters is 1. The van der Waals surface area contributed by atoms with Gasteiger partial charge in [-0.05, 0) is 30.0 Å². The maximum Gasteiger partial charge on any atom is 0.311 e. The first kappa shape index (κ1) is 17.7. The van der Waals surface area contributed by atoms with E-state index in [1.54, 1.807) is 6.92 Å². The van der Waals surface area contributed by atoms with E-state index in [0.29, 0.717) is 6.54 Å². The molecule has 0 bridgehead atoms. The normalized spacial score (nSPS) is 11.6. The summed E-state index contributed by atoms with van der Waals surface area (Å²) in [6.45, 7) is 4.14. The molecule has 0 saturated carbocycles. The van der Waals surface area contributed by atoms with E-state index in [0.717, 1.165) is 23.1 Å². The molecule has 2 aromatic carbocycles. The molecule has 24 heavy (non-hydrogen) atoms. The number of hydrogen-bond donors (Lipinski definition) is 1. The molecular weight excluding hydrogens is 302 g/mol. The molecule has 0 aromatic heterocycles. The standard InChI is InChI=1S/C20H23NO3/c1-3-13-21-20(23)15(2)24-19(22)14-16-9-11-18(12-10-16)17-7-5-4-6-8-17/h4-12,15H,3,13-14H2,1-2H3,(H,21,23). The predicted molar refractivity (Wildman–Crippen MR) is 94.4 cm³/mol. The summed E-state index contributed by atoms with van der Waals surface area (Å²) in [5.41, 5.74) is 3.09. The average Bonchev–Trinajstić information content (AvgIpc) is 2.61. The minimum Gasteiger partial charge on any atom is -0.452 e. The molecule has 1 unspecified atom stereocenters. The van der Waals surface area contributed by atoms with E-state index in [1.165, 1.54) is 0 Å². The highest BCUT2D eigenvalue weighted by atomic mass is 16.5. The van der Waals surface area contributed by atoms with Gasteiger partial charge in [0.2, 0.25) is 0 Å². The van der Waals surface area contributed by atoms with E-state index in [4.69, 9.17) is 4.74 Å². The molecule has 0 aliphatic rings. The van der Waals surface area contributed by atoms with E-state index in [9.17, 15) is 9.59 Å². The Labute approximate surface area is 142 Å². The summed E-state index contributed by atoms with van der Waals surface area (Å²) in [6.07, 6.45) is 0.230. The minimum atomic E-state index is -0.771. The first-order valence-corrected chi connectivity index (χ1v) is 8.21. The van der Waals surface area contributed by atoms with Crippen LogP contribution in [0, 0.1) is 0 Å². The van der Waals surface area contributed by atoms with Crippen LogP contribution in [0.25, 0.3) is 11.1 Å². The maximum atomic E-state index is 12.0. The Morgan fingerprint density at radius 2 is 1.62 bits per heavy atom. The SMILES string of the molecule is CCCNC(=O)C(C)OC(=O)Cc1ccc(-c2ccccc2)cc1. The molecule has 1 amide bonds. The molecule has 126 valence electrons. The fourth-order valence-electron chi connectivity index (χ4n) is 2.30. The Kier molecular flexibility index (Phi) is 6.55. The third-order valence-corrected chi connectivity index (χ3v) is 3.64. The minimum absolute atomic E-state index is 0.153. The van der Waals surface area contributed by atoms with Crippen LogP contribution >= 0.6 is 0 Å². The lowest BCUT2D eigenvalue weighted by Gasteiger charge is -2.13. The third-order valence-electron chi connectivity index (χ3n) is 3.64. The van der Waals surface area contributed by atoms with E-state index in [2.05, 4.69) is 5.32 Å². The van der Waals surface area contributed by atoms with Gasteiger partial charge in [-0.25, -0.2) is 0 Å². The molecule has 0 radical (unpaired) electrons. The fraction of sp³-hybridized carbons (Fsp3) is 0.300. The zero-order valence-electron chi connectivity index (χ0n) is 14.1. The van der Waals surface area contributed by atoms with Gasteiger partial charge in [0.15, 0.2) is 6.10 Å². The van der Waals surface area contributed by atoms with Crippen LogP contribution in [0.4, 0.5) is 0 Å². The smallest absolute Gasteiger partial charge is 0.311 e. The van der Waals surface area contributed by atoms with E-state index in [-0.39, 0.29) is 12.3 Å². The van der Waals surface area contributed by atoms with Crippen molar-refractivity contribution in [1.82, 2.24) is 5.32 Å². The van der Waals surface area contributed by atoms with Gasteiger partial charge in [0, 0.05) is 6.54 Å². The predicted octanol–water partition coefficient (Wildman–Crippen LogP) is 3.35. The maximum absolute atomic E-state index is 12.0. The number of ether oxygens (including phenoxy) is 1. The highest BCUT2D eigenvalue weighted by Crippen LogP contribution is 2.19. The van der Waals surface area contributed by atoms with Gasteiger partial charge in [0.05, 0.1) is 6.42 Å².